The van der Waals surface area contributed by atoms with E-state index in [1.807, 2.05) is 18.2 Å². The molecule has 88 valence electrons. The number of carbonyl (C=O) groups excluding carboxylic acids is 2. The van der Waals surface area contributed by atoms with Gasteiger partial charge < -0.3 is 5.32 Å². The van der Waals surface area contributed by atoms with Crippen LogP contribution >= 0.6 is 0 Å². The molecule has 0 aromatic heterocycles. The maximum atomic E-state index is 12.1. The van der Waals surface area contributed by atoms with E-state index in [2.05, 4.69) is 5.32 Å². The van der Waals surface area contributed by atoms with E-state index >= 15 is 0 Å². The van der Waals surface area contributed by atoms with Crippen molar-refractivity contribution in [1.29, 1.82) is 0 Å². The highest BCUT2D eigenvalue weighted by atomic mass is 16.2. The minimum absolute atomic E-state index is 0.112. The van der Waals surface area contributed by atoms with Crippen molar-refractivity contribution < 1.29 is 9.59 Å². The molecule has 0 spiro atoms. The van der Waals surface area contributed by atoms with Crippen LogP contribution in [0.25, 0.3) is 0 Å². The molecule has 1 heterocycles. The first-order valence-electron chi connectivity index (χ1n) is 5.93. The minimum atomic E-state index is -0.324. The van der Waals surface area contributed by atoms with Crippen LogP contribution in [0.2, 0.25) is 0 Å². The van der Waals surface area contributed by atoms with Crippen molar-refractivity contribution in [1.82, 2.24) is 5.32 Å². The molecule has 1 N–H and O–H groups in total. The first kappa shape index (κ1) is 10.5. The van der Waals surface area contributed by atoms with Crippen molar-refractivity contribution in [2.75, 3.05) is 4.90 Å². The molecular formula is C13H14N2O2. The van der Waals surface area contributed by atoms with E-state index in [1.54, 1.807) is 12.1 Å². The van der Waals surface area contributed by atoms with E-state index in [9.17, 15) is 9.59 Å². The summed E-state index contributed by atoms with van der Waals surface area (Å²) in [6.45, 7) is 0. The molecule has 1 aromatic rings. The fourth-order valence-electron chi connectivity index (χ4n) is 2.14. The smallest absolute Gasteiger partial charge is 0.251 e. The molecule has 1 saturated carbocycles. The number of hydrogen-bond donors (Lipinski definition) is 1. The second-order valence-electron chi connectivity index (χ2n) is 4.60. The van der Waals surface area contributed by atoms with Crippen LogP contribution in [0.1, 0.15) is 19.3 Å². The van der Waals surface area contributed by atoms with Gasteiger partial charge in [-0.05, 0) is 25.0 Å². The number of hydrogen-bond acceptors (Lipinski definition) is 3. The predicted octanol–water partition coefficient (Wildman–Crippen LogP) is 1.07. The zero-order chi connectivity index (χ0) is 11.8. The Labute approximate surface area is 99.6 Å². The molecule has 2 fully saturated rings. The monoisotopic (exact) mass is 230 g/mol. The molecule has 0 bridgehead atoms. The largest absolute Gasteiger partial charge is 0.303 e. The van der Waals surface area contributed by atoms with Gasteiger partial charge in [-0.3, -0.25) is 9.59 Å². The summed E-state index contributed by atoms with van der Waals surface area (Å²) >= 11 is 0. The van der Waals surface area contributed by atoms with Crippen LogP contribution in [0.5, 0.6) is 0 Å². The second kappa shape index (κ2) is 3.96. The zero-order valence-electron chi connectivity index (χ0n) is 9.43. The van der Waals surface area contributed by atoms with Gasteiger partial charge in [0.1, 0.15) is 0 Å². The van der Waals surface area contributed by atoms with Crippen molar-refractivity contribution in [2.24, 2.45) is 0 Å². The summed E-state index contributed by atoms with van der Waals surface area (Å²) in [5.74, 6) is -0.229. The Hall–Kier alpha value is -1.68. The van der Waals surface area contributed by atoms with Crippen LogP contribution in [-0.4, -0.2) is 23.9 Å². The summed E-state index contributed by atoms with van der Waals surface area (Å²) in [6.07, 6.45) is 2.51. The first-order chi connectivity index (χ1) is 8.25. The molecule has 1 saturated heterocycles. The fraction of sp³-hybridized carbons (Fsp3) is 0.385. The molecule has 17 heavy (non-hydrogen) atoms. The van der Waals surface area contributed by atoms with Crippen LogP contribution < -0.4 is 10.2 Å². The summed E-state index contributed by atoms with van der Waals surface area (Å²) in [5, 5.41) is 3.22. The normalized spacial score (nSPS) is 24.5. The lowest BCUT2D eigenvalue weighted by atomic mass is 10.2. The lowest BCUT2D eigenvalue weighted by Crippen LogP contribution is -2.39. The Bertz CT molecular complexity index is 454. The summed E-state index contributed by atoms with van der Waals surface area (Å²) < 4.78 is 0. The van der Waals surface area contributed by atoms with Crippen molar-refractivity contribution >= 4 is 17.5 Å². The number of anilines is 1. The molecule has 0 unspecified atom stereocenters. The van der Waals surface area contributed by atoms with Gasteiger partial charge in [-0.15, -0.1) is 0 Å². The van der Waals surface area contributed by atoms with Gasteiger partial charge >= 0.3 is 0 Å². The molecule has 0 radical (unpaired) electrons. The van der Waals surface area contributed by atoms with E-state index in [-0.39, 0.29) is 24.3 Å². The maximum Gasteiger partial charge on any atom is 0.251 e. The Kier molecular flexibility index (Phi) is 2.44. The van der Waals surface area contributed by atoms with E-state index in [0.717, 1.165) is 12.8 Å². The molecule has 1 atom stereocenters. The quantitative estimate of drug-likeness (QED) is 0.790. The fourth-order valence-corrected chi connectivity index (χ4v) is 2.14. The van der Waals surface area contributed by atoms with Gasteiger partial charge in [0, 0.05) is 6.04 Å². The summed E-state index contributed by atoms with van der Waals surface area (Å²) in [6, 6.07) is 9.22. The Morgan fingerprint density at radius 2 is 1.82 bits per heavy atom. The third-order valence-electron chi connectivity index (χ3n) is 3.18. The third-order valence-corrected chi connectivity index (χ3v) is 3.18. The van der Waals surface area contributed by atoms with E-state index in [1.165, 1.54) is 4.90 Å². The number of amides is 2. The standard InChI is InChI=1S/C13H14N2O2/c16-12-8-11(14-9-6-7-9)13(17)15(12)10-4-2-1-3-5-10/h1-5,9,11,14H,6-8H2/t11-/m1/s1. The molecule has 4 heteroatoms. The average molecular weight is 230 g/mol. The highest BCUT2D eigenvalue weighted by Crippen LogP contribution is 2.26. The zero-order valence-corrected chi connectivity index (χ0v) is 9.43. The maximum absolute atomic E-state index is 12.1. The summed E-state index contributed by atoms with van der Waals surface area (Å²) in [5.41, 5.74) is 0.669. The van der Waals surface area contributed by atoms with Gasteiger partial charge in [-0.1, -0.05) is 18.2 Å². The van der Waals surface area contributed by atoms with Gasteiger partial charge in [-0.25, -0.2) is 4.90 Å². The van der Waals surface area contributed by atoms with Crippen LogP contribution in [0.15, 0.2) is 30.3 Å². The lowest BCUT2D eigenvalue weighted by molar-refractivity contribution is -0.121. The Morgan fingerprint density at radius 1 is 1.12 bits per heavy atom. The number of imide groups is 1. The molecule has 1 aliphatic heterocycles. The summed E-state index contributed by atoms with van der Waals surface area (Å²) in [7, 11) is 0. The number of nitrogens with zero attached hydrogens (tertiary/aromatic N) is 1. The van der Waals surface area contributed by atoms with Crippen LogP contribution in [-0.2, 0) is 9.59 Å². The minimum Gasteiger partial charge on any atom is -0.303 e. The van der Waals surface area contributed by atoms with Crippen molar-refractivity contribution in [3.8, 4) is 0 Å². The Balaban J connectivity index is 1.81. The third kappa shape index (κ3) is 1.96. The number of rotatable bonds is 3. The SMILES string of the molecule is O=C1C[C@@H](NC2CC2)C(=O)N1c1ccccc1. The van der Waals surface area contributed by atoms with Crippen molar-refractivity contribution in [2.45, 2.75) is 31.3 Å². The molecule has 1 aromatic carbocycles. The number of carbonyl (C=O) groups is 2. The van der Waals surface area contributed by atoms with Crippen LogP contribution in [0, 0.1) is 0 Å². The van der Waals surface area contributed by atoms with Crippen molar-refractivity contribution in [3.05, 3.63) is 30.3 Å². The molecule has 2 aliphatic rings. The molecule has 3 rings (SSSR count). The topological polar surface area (TPSA) is 49.4 Å². The lowest BCUT2D eigenvalue weighted by Gasteiger charge is -2.15. The van der Waals surface area contributed by atoms with Gasteiger partial charge in [0.2, 0.25) is 5.91 Å². The van der Waals surface area contributed by atoms with Gasteiger partial charge in [0.05, 0.1) is 18.2 Å². The second-order valence-corrected chi connectivity index (χ2v) is 4.60. The first-order valence-corrected chi connectivity index (χ1v) is 5.93. The van der Waals surface area contributed by atoms with E-state index < -0.39 is 0 Å². The van der Waals surface area contributed by atoms with Gasteiger partial charge in [-0.2, -0.15) is 0 Å². The number of para-hydroxylation sites is 1. The average Bonchev–Trinajstić information content (AvgIpc) is 3.09. The molecule has 2 amide bonds. The predicted molar refractivity (Wildman–Crippen MR) is 63.5 cm³/mol. The summed E-state index contributed by atoms with van der Waals surface area (Å²) in [4.78, 5) is 25.3. The molecule has 4 nitrogen and oxygen atoms in total. The van der Waals surface area contributed by atoms with Gasteiger partial charge in [0.15, 0.2) is 0 Å². The Morgan fingerprint density at radius 3 is 2.47 bits per heavy atom. The van der Waals surface area contributed by atoms with E-state index in [0.29, 0.717) is 11.7 Å². The van der Waals surface area contributed by atoms with Crippen molar-refractivity contribution in [3.63, 3.8) is 0 Å². The van der Waals surface area contributed by atoms with Crippen LogP contribution in [0.3, 0.4) is 0 Å². The molecular weight excluding hydrogens is 216 g/mol. The molecule has 1 aliphatic carbocycles. The van der Waals surface area contributed by atoms with Gasteiger partial charge in [0.25, 0.3) is 5.91 Å². The van der Waals surface area contributed by atoms with Crippen LogP contribution in [0.4, 0.5) is 5.69 Å². The number of benzene rings is 1. The highest BCUT2D eigenvalue weighted by molar-refractivity contribution is 6.22. The highest BCUT2D eigenvalue weighted by Gasteiger charge is 2.41. The van der Waals surface area contributed by atoms with E-state index in [4.69, 9.17) is 0 Å². The number of nitrogens with one attached hydrogen (secondary N) is 1.